The molecule has 1 aromatic carbocycles. The van der Waals surface area contributed by atoms with Gasteiger partial charge in [0.2, 0.25) is 5.95 Å². The van der Waals surface area contributed by atoms with Crippen molar-refractivity contribution in [2.24, 2.45) is 5.92 Å². The van der Waals surface area contributed by atoms with Crippen LogP contribution in [-0.2, 0) is 11.3 Å². The summed E-state index contributed by atoms with van der Waals surface area (Å²) < 4.78 is 33.0. The molecule has 3 heterocycles. The molecule has 2 amide bonds. The molecule has 0 atom stereocenters. The number of hydrogen-bond donors (Lipinski definition) is 3. The zero-order valence-electron chi connectivity index (χ0n) is 19.5. The first-order valence-corrected chi connectivity index (χ1v) is 11.6. The van der Waals surface area contributed by atoms with Gasteiger partial charge >= 0.3 is 6.03 Å². The van der Waals surface area contributed by atoms with Crippen molar-refractivity contribution in [3.8, 4) is 11.1 Å². The Morgan fingerprint density at radius 2 is 2.03 bits per heavy atom. The summed E-state index contributed by atoms with van der Waals surface area (Å²) in [7, 11) is 0. The van der Waals surface area contributed by atoms with Gasteiger partial charge in [0.25, 0.3) is 6.43 Å². The summed E-state index contributed by atoms with van der Waals surface area (Å²) in [5.74, 6) is 0.577. The van der Waals surface area contributed by atoms with Gasteiger partial charge in [0, 0.05) is 49.9 Å². The fraction of sp³-hybridized carbons (Fsp3) is 0.417. The summed E-state index contributed by atoms with van der Waals surface area (Å²) in [6, 6.07) is 6.78. The van der Waals surface area contributed by atoms with Crippen molar-refractivity contribution in [1.29, 1.82) is 0 Å². The van der Waals surface area contributed by atoms with Gasteiger partial charge in [-0.15, -0.1) is 0 Å². The van der Waals surface area contributed by atoms with Crippen molar-refractivity contribution < 1.29 is 18.3 Å². The molecular formula is C24H29F2N7O2. The molecule has 0 spiro atoms. The fourth-order valence-corrected chi connectivity index (χ4v) is 3.87. The van der Waals surface area contributed by atoms with E-state index in [2.05, 4.69) is 31.0 Å². The Kier molecular flexibility index (Phi) is 8.19. The molecule has 4 rings (SSSR count). The largest absolute Gasteiger partial charge is 0.381 e. The third-order valence-corrected chi connectivity index (χ3v) is 5.72. The maximum absolute atomic E-state index is 12.9. The molecule has 0 radical (unpaired) electrons. The highest BCUT2D eigenvalue weighted by atomic mass is 19.3. The highest BCUT2D eigenvalue weighted by Gasteiger charge is 2.14. The number of halogens is 2. The number of ether oxygens (including phenoxy) is 1. The lowest BCUT2D eigenvalue weighted by atomic mass is 10.0. The Bertz CT molecular complexity index is 1130. The monoisotopic (exact) mass is 485 g/mol. The van der Waals surface area contributed by atoms with Crippen LogP contribution < -0.4 is 16.0 Å². The van der Waals surface area contributed by atoms with E-state index in [9.17, 15) is 13.6 Å². The smallest absolute Gasteiger partial charge is 0.314 e. The maximum Gasteiger partial charge on any atom is 0.314 e. The molecule has 0 bridgehead atoms. The molecule has 3 N–H and O–H groups in total. The minimum absolute atomic E-state index is 0.108. The Morgan fingerprint density at radius 3 is 2.83 bits per heavy atom. The van der Waals surface area contributed by atoms with E-state index in [1.165, 1.54) is 12.3 Å². The van der Waals surface area contributed by atoms with Crippen molar-refractivity contribution in [1.82, 2.24) is 30.4 Å². The Labute approximate surface area is 202 Å². The molecule has 3 aromatic rings. The van der Waals surface area contributed by atoms with E-state index in [4.69, 9.17) is 4.74 Å². The van der Waals surface area contributed by atoms with Crippen LogP contribution in [0.4, 0.5) is 25.2 Å². The lowest BCUT2D eigenvalue weighted by molar-refractivity contribution is 0.0669. The number of amides is 2. The van der Waals surface area contributed by atoms with Crippen LogP contribution in [0, 0.1) is 12.8 Å². The fourth-order valence-electron chi connectivity index (χ4n) is 3.87. The maximum atomic E-state index is 12.9. The third kappa shape index (κ3) is 7.19. The number of aryl methyl sites for hydroxylation is 1. The van der Waals surface area contributed by atoms with Crippen molar-refractivity contribution in [2.45, 2.75) is 32.7 Å². The summed E-state index contributed by atoms with van der Waals surface area (Å²) in [6.45, 7) is 5.08. The highest BCUT2D eigenvalue weighted by Crippen LogP contribution is 2.26. The molecule has 1 aliphatic heterocycles. The average Bonchev–Trinajstić information content (AvgIpc) is 3.32. The minimum atomic E-state index is -2.66. The number of hydrogen-bond acceptors (Lipinski definition) is 6. The number of nitrogens with one attached hydrogen (secondary N) is 3. The number of carbonyl (C=O) groups is 1. The normalized spacial score (nSPS) is 14.2. The van der Waals surface area contributed by atoms with Gasteiger partial charge < -0.3 is 20.7 Å². The molecule has 35 heavy (non-hydrogen) atoms. The topological polar surface area (TPSA) is 106 Å². The molecular weight excluding hydrogens is 456 g/mol. The highest BCUT2D eigenvalue weighted by molar-refractivity contribution is 5.73. The Morgan fingerprint density at radius 1 is 1.20 bits per heavy atom. The van der Waals surface area contributed by atoms with Gasteiger partial charge in [-0.25, -0.2) is 23.5 Å². The number of rotatable bonds is 9. The number of carbonyl (C=O) groups excluding carboxylic acids is 1. The molecule has 1 saturated heterocycles. The van der Waals surface area contributed by atoms with E-state index in [0.29, 0.717) is 31.2 Å². The van der Waals surface area contributed by atoms with E-state index in [1.54, 1.807) is 10.9 Å². The van der Waals surface area contributed by atoms with Crippen LogP contribution in [0.3, 0.4) is 0 Å². The van der Waals surface area contributed by atoms with Crippen LogP contribution >= 0.6 is 0 Å². The van der Waals surface area contributed by atoms with Gasteiger partial charge in [-0.2, -0.15) is 5.10 Å². The summed E-state index contributed by atoms with van der Waals surface area (Å²) in [5.41, 5.74) is 3.13. The van der Waals surface area contributed by atoms with Crippen LogP contribution in [0.25, 0.3) is 11.1 Å². The van der Waals surface area contributed by atoms with Crippen molar-refractivity contribution in [3.05, 3.63) is 54.1 Å². The van der Waals surface area contributed by atoms with Crippen LogP contribution in [0.5, 0.6) is 0 Å². The van der Waals surface area contributed by atoms with Gasteiger partial charge in [-0.1, -0.05) is 6.07 Å². The molecule has 2 aromatic heterocycles. The second-order valence-corrected chi connectivity index (χ2v) is 8.50. The van der Waals surface area contributed by atoms with E-state index in [-0.39, 0.29) is 17.7 Å². The standard InChI is InChI=1S/C24H29F2N7O2/c1-16-10-18(12-20(11-16)31-23-27-5-2-21(32-23)22(25)26)19-14-30-33(15-19)7-6-28-24(34)29-13-17-3-8-35-9-4-17/h2,5,10-12,14-15,17,22H,3-4,6-9,13H2,1H3,(H,27,31,32)(H2,28,29,34). The summed E-state index contributed by atoms with van der Waals surface area (Å²) >= 11 is 0. The predicted octanol–water partition coefficient (Wildman–Crippen LogP) is 4.06. The summed E-state index contributed by atoms with van der Waals surface area (Å²) in [6.07, 6.45) is 4.23. The van der Waals surface area contributed by atoms with E-state index in [1.807, 2.05) is 31.3 Å². The predicted molar refractivity (Wildman–Crippen MR) is 128 cm³/mol. The van der Waals surface area contributed by atoms with Gasteiger partial charge in [0.05, 0.1) is 12.7 Å². The van der Waals surface area contributed by atoms with Crippen LogP contribution in [0.2, 0.25) is 0 Å². The summed E-state index contributed by atoms with van der Waals surface area (Å²) in [4.78, 5) is 19.9. The molecule has 0 unspecified atom stereocenters. The van der Waals surface area contributed by atoms with Gasteiger partial charge in [-0.05, 0) is 55.0 Å². The van der Waals surface area contributed by atoms with Crippen LogP contribution in [-0.4, -0.2) is 52.1 Å². The van der Waals surface area contributed by atoms with E-state index >= 15 is 0 Å². The number of urea groups is 1. The first-order valence-electron chi connectivity index (χ1n) is 11.6. The molecule has 1 fully saturated rings. The quantitative estimate of drug-likeness (QED) is 0.422. The zero-order valence-corrected chi connectivity index (χ0v) is 19.5. The number of aromatic nitrogens is 4. The molecule has 11 heteroatoms. The van der Waals surface area contributed by atoms with Crippen molar-refractivity contribution in [3.63, 3.8) is 0 Å². The minimum Gasteiger partial charge on any atom is -0.381 e. The van der Waals surface area contributed by atoms with Gasteiger partial charge in [-0.3, -0.25) is 4.68 Å². The molecule has 186 valence electrons. The second-order valence-electron chi connectivity index (χ2n) is 8.50. The molecule has 0 aliphatic carbocycles. The second kappa shape index (κ2) is 11.7. The van der Waals surface area contributed by atoms with Gasteiger partial charge in [0.15, 0.2) is 0 Å². The third-order valence-electron chi connectivity index (χ3n) is 5.72. The molecule has 0 saturated carbocycles. The zero-order chi connectivity index (χ0) is 24.6. The van der Waals surface area contributed by atoms with Crippen molar-refractivity contribution in [2.75, 3.05) is 31.6 Å². The number of benzene rings is 1. The van der Waals surface area contributed by atoms with E-state index < -0.39 is 6.43 Å². The SMILES string of the molecule is Cc1cc(Nc2nccc(C(F)F)n2)cc(-c2cnn(CCNC(=O)NCC3CCOCC3)c2)c1. The lowest BCUT2D eigenvalue weighted by Gasteiger charge is -2.22. The Balaban J connectivity index is 1.31. The summed E-state index contributed by atoms with van der Waals surface area (Å²) in [5, 5.41) is 13.2. The average molecular weight is 486 g/mol. The lowest BCUT2D eigenvalue weighted by Crippen LogP contribution is -2.40. The van der Waals surface area contributed by atoms with Crippen LogP contribution in [0.15, 0.2) is 42.9 Å². The number of alkyl halides is 2. The van der Waals surface area contributed by atoms with Crippen LogP contribution in [0.1, 0.15) is 30.5 Å². The molecule has 1 aliphatic rings. The van der Waals surface area contributed by atoms with Crippen molar-refractivity contribution >= 4 is 17.7 Å². The first kappa shape index (κ1) is 24.5. The van der Waals surface area contributed by atoms with Gasteiger partial charge in [0.1, 0.15) is 5.69 Å². The number of anilines is 2. The number of nitrogens with zero attached hydrogens (tertiary/aromatic N) is 4. The first-order chi connectivity index (χ1) is 17.0. The van der Waals surface area contributed by atoms with E-state index in [0.717, 1.165) is 42.7 Å². The Hall–Kier alpha value is -3.60. The molecule has 9 nitrogen and oxygen atoms in total.